The molecule has 4 saturated carbocycles. The summed E-state index contributed by atoms with van der Waals surface area (Å²) < 4.78 is 1.85. The van der Waals surface area contributed by atoms with Gasteiger partial charge in [-0.3, -0.25) is 4.79 Å². The molecular weight excluding hydrogens is 266 g/mol. The summed E-state index contributed by atoms with van der Waals surface area (Å²) in [6.45, 7) is 0. The summed E-state index contributed by atoms with van der Waals surface area (Å²) in [5.41, 5.74) is -0.703. The topological polar surface area (TPSA) is 68.0 Å². The monoisotopic (exact) mass is 281 g/mol. The molecule has 102 valence electrons. The molecule has 4 aliphatic rings. The molecule has 4 bridgehead atoms. The average molecular weight is 282 g/mol. The van der Waals surface area contributed by atoms with Crippen molar-refractivity contribution in [1.29, 1.82) is 0 Å². The van der Waals surface area contributed by atoms with Crippen molar-refractivity contribution >= 4 is 17.6 Å². The summed E-state index contributed by atoms with van der Waals surface area (Å²) in [4.78, 5) is 15.8. The predicted octanol–water partition coefficient (Wildman–Crippen LogP) is 2.31. The first-order valence-electron chi connectivity index (χ1n) is 6.82. The number of nitrogens with zero attached hydrogens (tertiary/aromatic N) is 3. The summed E-state index contributed by atoms with van der Waals surface area (Å²) in [6, 6.07) is 0. The van der Waals surface area contributed by atoms with Crippen LogP contribution in [0.4, 0.5) is 0 Å². The van der Waals surface area contributed by atoms with Gasteiger partial charge in [0.2, 0.25) is 5.28 Å². The van der Waals surface area contributed by atoms with Gasteiger partial charge in [0.1, 0.15) is 6.33 Å². The van der Waals surface area contributed by atoms with E-state index in [2.05, 4.69) is 10.1 Å². The molecule has 5 nitrogen and oxygen atoms in total. The van der Waals surface area contributed by atoms with E-state index in [1.165, 1.54) is 6.42 Å². The molecule has 4 atom stereocenters. The third-order valence-corrected chi connectivity index (χ3v) is 5.61. The van der Waals surface area contributed by atoms with Crippen molar-refractivity contribution in [3.8, 4) is 0 Å². The van der Waals surface area contributed by atoms with Crippen LogP contribution < -0.4 is 0 Å². The maximum absolute atomic E-state index is 11.8. The van der Waals surface area contributed by atoms with Gasteiger partial charge >= 0.3 is 5.97 Å². The molecular formula is C13H16ClN3O2. The Kier molecular flexibility index (Phi) is 2.16. The van der Waals surface area contributed by atoms with E-state index in [1.54, 1.807) is 6.33 Å². The number of hydrogen-bond donors (Lipinski definition) is 1. The summed E-state index contributed by atoms with van der Waals surface area (Å²) in [6.07, 6.45) is 7.26. The lowest BCUT2D eigenvalue weighted by Crippen LogP contribution is -2.59. The van der Waals surface area contributed by atoms with E-state index < -0.39 is 11.4 Å². The van der Waals surface area contributed by atoms with E-state index >= 15 is 0 Å². The zero-order valence-electron chi connectivity index (χ0n) is 10.5. The zero-order chi connectivity index (χ0) is 13.3. The Labute approximate surface area is 116 Å². The van der Waals surface area contributed by atoms with E-state index in [0.717, 1.165) is 25.7 Å². The van der Waals surface area contributed by atoms with Crippen molar-refractivity contribution in [2.75, 3.05) is 0 Å². The van der Waals surface area contributed by atoms with Gasteiger partial charge in [-0.25, -0.2) is 9.67 Å². The number of carbonyl (C=O) groups is 1. The standard InChI is InChI=1S/C13H16ClN3O2/c14-11-15-7-17(16-11)13-4-8-1-9(5-13)3-12(2-8,6-13)10(18)19/h7-9H,1-6H2,(H,18,19)/t8-,9+,12?,13?. The molecule has 0 radical (unpaired) electrons. The van der Waals surface area contributed by atoms with Gasteiger partial charge < -0.3 is 5.11 Å². The molecule has 0 saturated heterocycles. The fourth-order valence-electron chi connectivity index (χ4n) is 5.20. The highest BCUT2D eigenvalue weighted by atomic mass is 35.5. The fraction of sp³-hybridized carbons (Fsp3) is 0.769. The lowest BCUT2D eigenvalue weighted by atomic mass is 9.47. The van der Waals surface area contributed by atoms with Gasteiger partial charge in [-0.15, -0.1) is 5.10 Å². The smallest absolute Gasteiger partial charge is 0.309 e. The molecule has 4 fully saturated rings. The molecule has 0 aromatic carbocycles. The molecule has 1 aromatic rings. The van der Waals surface area contributed by atoms with Crippen LogP contribution in [0.25, 0.3) is 0 Å². The van der Waals surface area contributed by atoms with E-state index in [4.69, 9.17) is 11.6 Å². The predicted molar refractivity (Wildman–Crippen MR) is 67.8 cm³/mol. The Morgan fingerprint density at radius 2 is 2.05 bits per heavy atom. The number of rotatable bonds is 2. The van der Waals surface area contributed by atoms with Gasteiger partial charge in [0.25, 0.3) is 0 Å². The molecule has 1 heterocycles. The maximum atomic E-state index is 11.8. The molecule has 19 heavy (non-hydrogen) atoms. The van der Waals surface area contributed by atoms with Crippen LogP contribution in [-0.4, -0.2) is 25.8 Å². The molecule has 1 aromatic heterocycles. The number of hydrogen-bond acceptors (Lipinski definition) is 3. The average Bonchev–Trinajstić information content (AvgIpc) is 2.74. The second-order valence-corrected chi connectivity index (χ2v) is 7.07. The van der Waals surface area contributed by atoms with E-state index in [1.807, 2.05) is 4.68 Å². The quantitative estimate of drug-likeness (QED) is 0.903. The highest BCUT2D eigenvalue weighted by Gasteiger charge is 2.62. The first-order valence-corrected chi connectivity index (χ1v) is 7.20. The van der Waals surface area contributed by atoms with Crippen LogP contribution in [0, 0.1) is 17.3 Å². The number of aliphatic carboxylic acids is 1. The van der Waals surface area contributed by atoms with Crippen molar-refractivity contribution in [3.63, 3.8) is 0 Å². The summed E-state index contributed by atoms with van der Waals surface area (Å²) in [5.74, 6) is 0.401. The second kappa shape index (κ2) is 3.51. The zero-order valence-corrected chi connectivity index (χ0v) is 11.3. The van der Waals surface area contributed by atoms with Crippen molar-refractivity contribution < 1.29 is 9.90 Å². The van der Waals surface area contributed by atoms with Crippen LogP contribution in [-0.2, 0) is 10.3 Å². The highest BCUT2D eigenvalue weighted by molar-refractivity contribution is 6.28. The van der Waals surface area contributed by atoms with Crippen LogP contribution in [0.2, 0.25) is 5.28 Å². The molecule has 6 heteroatoms. The first kappa shape index (κ1) is 11.7. The van der Waals surface area contributed by atoms with Crippen molar-refractivity contribution in [2.24, 2.45) is 17.3 Å². The largest absolute Gasteiger partial charge is 0.481 e. The Morgan fingerprint density at radius 3 is 2.58 bits per heavy atom. The third-order valence-electron chi connectivity index (χ3n) is 5.43. The lowest BCUT2D eigenvalue weighted by molar-refractivity contribution is -0.173. The van der Waals surface area contributed by atoms with Crippen molar-refractivity contribution in [1.82, 2.24) is 14.8 Å². The van der Waals surface area contributed by atoms with Crippen LogP contribution in [0.1, 0.15) is 38.5 Å². The van der Waals surface area contributed by atoms with Crippen LogP contribution in [0.3, 0.4) is 0 Å². The lowest BCUT2D eigenvalue weighted by Gasteiger charge is -2.60. The second-order valence-electron chi connectivity index (χ2n) is 6.73. The van der Waals surface area contributed by atoms with E-state index in [0.29, 0.717) is 18.3 Å². The van der Waals surface area contributed by atoms with Gasteiger partial charge in [0.15, 0.2) is 0 Å². The van der Waals surface area contributed by atoms with Crippen LogP contribution in [0.5, 0.6) is 0 Å². The first-order chi connectivity index (χ1) is 9.01. The normalized spacial score (nSPS) is 43.6. The number of carboxylic acids is 1. The van der Waals surface area contributed by atoms with Crippen LogP contribution >= 0.6 is 11.6 Å². The number of halogens is 1. The Balaban J connectivity index is 1.80. The van der Waals surface area contributed by atoms with Gasteiger partial charge in [0, 0.05) is 0 Å². The minimum atomic E-state index is -0.628. The fourth-order valence-corrected chi connectivity index (χ4v) is 5.33. The minimum absolute atomic E-state index is 0.164. The van der Waals surface area contributed by atoms with Crippen molar-refractivity contribution in [2.45, 2.75) is 44.1 Å². The number of aromatic nitrogens is 3. The molecule has 0 spiro atoms. The molecule has 5 rings (SSSR count). The van der Waals surface area contributed by atoms with Crippen molar-refractivity contribution in [3.05, 3.63) is 11.6 Å². The SMILES string of the molecule is O=C(O)C12C[C@H]3C[C@@H](C1)CC(n1cnc(Cl)n1)(C3)C2. The summed E-state index contributed by atoms with van der Waals surface area (Å²) >= 11 is 5.84. The Bertz CT molecular complexity index is 542. The summed E-state index contributed by atoms with van der Waals surface area (Å²) in [5, 5.41) is 14.2. The van der Waals surface area contributed by atoms with E-state index in [-0.39, 0.29) is 10.8 Å². The van der Waals surface area contributed by atoms with Crippen LogP contribution in [0.15, 0.2) is 6.33 Å². The summed E-state index contributed by atoms with van der Waals surface area (Å²) in [7, 11) is 0. The Hall–Kier alpha value is -1.10. The molecule has 2 unspecified atom stereocenters. The third kappa shape index (κ3) is 1.51. The Morgan fingerprint density at radius 1 is 1.37 bits per heavy atom. The van der Waals surface area contributed by atoms with Gasteiger partial charge in [0.05, 0.1) is 11.0 Å². The molecule has 0 aliphatic heterocycles. The molecule has 1 N–H and O–H groups in total. The van der Waals surface area contributed by atoms with Gasteiger partial charge in [-0.05, 0) is 62.0 Å². The highest BCUT2D eigenvalue weighted by Crippen LogP contribution is 2.64. The minimum Gasteiger partial charge on any atom is -0.481 e. The maximum Gasteiger partial charge on any atom is 0.309 e. The van der Waals surface area contributed by atoms with E-state index in [9.17, 15) is 9.90 Å². The number of carboxylic acid groups (broad SMARTS) is 1. The van der Waals surface area contributed by atoms with Gasteiger partial charge in [-0.1, -0.05) is 0 Å². The molecule has 0 amide bonds. The van der Waals surface area contributed by atoms with Gasteiger partial charge in [-0.2, -0.15) is 0 Å². The molecule has 4 aliphatic carbocycles.